The van der Waals surface area contributed by atoms with E-state index in [9.17, 15) is 27.6 Å². The van der Waals surface area contributed by atoms with Crippen LogP contribution in [0.1, 0.15) is 41.0 Å². The van der Waals surface area contributed by atoms with E-state index in [4.69, 9.17) is 0 Å². The molecule has 0 saturated heterocycles. The summed E-state index contributed by atoms with van der Waals surface area (Å²) in [5.74, 6) is -3.34. The summed E-state index contributed by atoms with van der Waals surface area (Å²) >= 11 is 3.74. The van der Waals surface area contributed by atoms with Gasteiger partial charge in [-0.2, -0.15) is 13.2 Å². The first-order chi connectivity index (χ1) is 13.7. The minimum atomic E-state index is -4.69. The highest BCUT2D eigenvalue weighted by Crippen LogP contribution is 2.33. The van der Waals surface area contributed by atoms with Gasteiger partial charge in [-0.3, -0.25) is 14.4 Å². The van der Waals surface area contributed by atoms with Gasteiger partial charge in [0.05, 0.1) is 5.69 Å². The maximum absolute atomic E-state index is 13.1. The summed E-state index contributed by atoms with van der Waals surface area (Å²) in [6.07, 6.45) is -2.29. The van der Waals surface area contributed by atoms with Crippen molar-refractivity contribution < 1.29 is 27.6 Å². The van der Waals surface area contributed by atoms with E-state index in [1.165, 1.54) is 23.1 Å². The molecule has 12 heteroatoms. The van der Waals surface area contributed by atoms with E-state index >= 15 is 0 Å². The van der Waals surface area contributed by atoms with Crippen LogP contribution in [0.3, 0.4) is 0 Å². The van der Waals surface area contributed by atoms with E-state index in [0.717, 1.165) is 17.8 Å². The van der Waals surface area contributed by atoms with Crippen molar-refractivity contribution in [3.8, 4) is 0 Å². The molecule has 1 fully saturated rings. The van der Waals surface area contributed by atoms with E-state index in [0.29, 0.717) is 21.2 Å². The second-order valence-electron chi connectivity index (χ2n) is 6.10. The van der Waals surface area contributed by atoms with Crippen LogP contribution in [-0.2, 0) is 21.5 Å². The first kappa shape index (κ1) is 21.9. The number of halogens is 3. The zero-order valence-electron chi connectivity index (χ0n) is 15.0. The van der Waals surface area contributed by atoms with Gasteiger partial charge in [-0.25, -0.2) is 4.98 Å². The number of carbonyl (C=O) groups excluding carboxylic acids is 3. The maximum Gasteiger partial charge on any atom is 0.433 e. The maximum atomic E-state index is 13.1. The molecule has 0 atom stereocenters. The lowest BCUT2D eigenvalue weighted by atomic mass is 9.81. The van der Waals surface area contributed by atoms with Gasteiger partial charge in [-0.15, -0.1) is 10.2 Å². The van der Waals surface area contributed by atoms with Crippen molar-refractivity contribution >= 4 is 52.2 Å². The van der Waals surface area contributed by atoms with Gasteiger partial charge >= 0.3 is 6.18 Å². The smallest absolute Gasteiger partial charge is 0.298 e. The third-order valence-corrected chi connectivity index (χ3v) is 7.22. The highest BCUT2D eigenvalue weighted by molar-refractivity contribution is 8.02. The molecule has 2 aromatic rings. The second kappa shape index (κ2) is 8.92. The molecule has 0 unspecified atom stereocenters. The average Bonchev–Trinajstić information content (AvgIpc) is 3.13. The van der Waals surface area contributed by atoms with Crippen molar-refractivity contribution in [3.05, 3.63) is 29.1 Å². The fourth-order valence-electron chi connectivity index (χ4n) is 2.81. The molecule has 1 aliphatic rings. The van der Waals surface area contributed by atoms with Crippen molar-refractivity contribution in [2.45, 2.75) is 39.9 Å². The number of thioether (sulfide) groups is 2. The molecule has 6 nitrogen and oxygen atoms in total. The molecule has 2 aromatic heterocycles. The first-order valence-electron chi connectivity index (χ1n) is 8.37. The molecule has 2 heterocycles. The number of hydrogen-bond donors (Lipinski definition) is 0. The van der Waals surface area contributed by atoms with Gasteiger partial charge < -0.3 is 0 Å². The Kier molecular flexibility index (Phi) is 6.74. The topological polar surface area (TPSA) is 89.9 Å². The summed E-state index contributed by atoms with van der Waals surface area (Å²) < 4.78 is 40.5. The molecule has 3 rings (SSSR count). The van der Waals surface area contributed by atoms with Gasteiger partial charge in [0.15, 0.2) is 26.0 Å². The zero-order chi connectivity index (χ0) is 21.2. The number of Topliss-reactive ketones (excluding diaryl/α,β-unsaturated/α-hetero) is 3. The Morgan fingerprint density at radius 1 is 1.17 bits per heavy atom. The predicted molar refractivity (Wildman–Crippen MR) is 102 cm³/mol. The number of pyridine rings is 1. The Morgan fingerprint density at radius 3 is 2.41 bits per heavy atom. The number of rotatable bonds is 6. The fraction of sp³-hybridized carbons (Fsp3) is 0.412. The van der Waals surface area contributed by atoms with Crippen LogP contribution in [0.5, 0.6) is 0 Å². The quantitative estimate of drug-likeness (QED) is 0.361. The number of nitrogens with zero attached hydrogens (tertiary/aromatic N) is 3. The number of aromatic nitrogens is 3. The molecule has 1 aliphatic carbocycles. The SMILES string of the molecule is CSc1nnc(SCc2nc(C(F)(F)F)ccc2C(=O)C2C(=O)CCCC2=O)s1. The molecule has 0 amide bonds. The number of ketones is 3. The third kappa shape index (κ3) is 5.04. The Balaban J connectivity index is 1.93. The van der Waals surface area contributed by atoms with E-state index in [1.54, 1.807) is 0 Å². The molecule has 0 aliphatic heterocycles. The van der Waals surface area contributed by atoms with Gasteiger partial charge in [0.2, 0.25) is 0 Å². The Labute approximate surface area is 176 Å². The van der Waals surface area contributed by atoms with Crippen LogP contribution in [-0.4, -0.2) is 38.8 Å². The minimum Gasteiger partial charge on any atom is -0.298 e. The summed E-state index contributed by atoms with van der Waals surface area (Å²) in [7, 11) is 0. The van der Waals surface area contributed by atoms with Gasteiger partial charge in [0, 0.05) is 24.2 Å². The summed E-state index contributed by atoms with van der Waals surface area (Å²) in [4.78, 5) is 40.7. The van der Waals surface area contributed by atoms with Crippen molar-refractivity contribution in [1.82, 2.24) is 15.2 Å². The molecule has 0 radical (unpaired) electrons. The molecular formula is C17H14F3N3O3S3. The Hall–Kier alpha value is -1.79. The van der Waals surface area contributed by atoms with Crippen molar-refractivity contribution in [3.63, 3.8) is 0 Å². The molecule has 0 spiro atoms. The van der Waals surface area contributed by atoms with Gasteiger partial charge in [0.25, 0.3) is 0 Å². The Morgan fingerprint density at radius 2 is 1.83 bits per heavy atom. The summed E-state index contributed by atoms with van der Waals surface area (Å²) in [6.45, 7) is 0. The largest absolute Gasteiger partial charge is 0.433 e. The molecule has 0 aromatic carbocycles. The van der Waals surface area contributed by atoms with Crippen molar-refractivity contribution in [2.75, 3.05) is 6.26 Å². The number of alkyl halides is 3. The molecule has 1 saturated carbocycles. The highest BCUT2D eigenvalue weighted by Gasteiger charge is 2.39. The summed E-state index contributed by atoms with van der Waals surface area (Å²) in [6, 6.07) is 1.69. The lowest BCUT2D eigenvalue weighted by Crippen LogP contribution is -2.35. The average molecular weight is 462 g/mol. The molecule has 154 valence electrons. The molecule has 29 heavy (non-hydrogen) atoms. The van der Waals surface area contributed by atoms with Crippen LogP contribution >= 0.6 is 34.9 Å². The number of hydrogen-bond acceptors (Lipinski definition) is 9. The van der Waals surface area contributed by atoms with Crippen LogP contribution in [0.15, 0.2) is 20.8 Å². The van der Waals surface area contributed by atoms with Crippen molar-refractivity contribution in [2.24, 2.45) is 5.92 Å². The third-order valence-electron chi connectivity index (χ3n) is 4.18. The standard InChI is InChI=1S/C17H14F3N3O3S3/c1-27-15-22-23-16(29-15)28-7-9-8(5-6-12(21-9)17(18,19)20)14(26)13-10(24)3-2-4-11(13)25/h5-6,13H,2-4,7H2,1H3. The predicted octanol–water partition coefficient (Wildman–Crippen LogP) is 4.09. The van der Waals surface area contributed by atoms with Crippen LogP contribution < -0.4 is 0 Å². The van der Waals surface area contributed by atoms with Crippen LogP contribution in [0.25, 0.3) is 0 Å². The van der Waals surface area contributed by atoms with Crippen molar-refractivity contribution in [1.29, 1.82) is 0 Å². The van der Waals surface area contributed by atoms with Gasteiger partial charge in [0.1, 0.15) is 11.6 Å². The van der Waals surface area contributed by atoms with Crippen LogP contribution in [0.4, 0.5) is 13.2 Å². The van der Waals surface area contributed by atoms with E-state index in [2.05, 4.69) is 15.2 Å². The highest BCUT2D eigenvalue weighted by atomic mass is 32.2. The first-order valence-corrected chi connectivity index (χ1v) is 11.4. The lowest BCUT2D eigenvalue weighted by Gasteiger charge is -2.19. The van der Waals surface area contributed by atoms with E-state index in [-0.39, 0.29) is 29.9 Å². The van der Waals surface area contributed by atoms with E-state index < -0.39 is 35.1 Å². The molecular weight excluding hydrogens is 447 g/mol. The molecule has 0 N–H and O–H groups in total. The monoisotopic (exact) mass is 461 g/mol. The normalized spacial score (nSPS) is 15.7. The fourth-order valence-corrected chi connectivity index (χ4v) is 5.21. The Bertz CT molecular complexity index is 946. The number of carbonyl (C=O) groups is 3. The molecule has 0 bridgehead atoms. The zero-order valence-corrected chi connectivity index (χ0v) is 17.4. The second-order valence-corrected chi connectivity index (χ2v) is 9.35. The van der Waals surface area contributed by atoms with E-state index in [1.807, 2.05) is 6.26 Å². The van der Waals surface area contributed by atoms with Crippen LogP contribution in [0.2, 0.25) is 0 Å². The van der Waals surface area contributed by atoms with Crippen LogP contribution in [0, 0.1) is 5.92 Å². The minimum absolute atomic E-state index is 0.0802. The summed E-state index contributed by atoms with van der Waals surface area (Å²) in [5.41, 5.74) is -1.43. The van der Waals surface area contributed by atoms with Gasteiger partial charge in [-0.05, 0) is 24.8 Å². The van der Waals surface area contributed by atoms with Gasteiger partial charge in [-0.1, -0.05) is 34.9 Å². The lowest BCUT2D eigenvalue weighted by molar-refractivity contribution is -0.141. The summed E-state index contributed by atoms with van der Waals surface area (Å²) in [5, 5.41) is 7.84.